The zero-order valence-electron chi connectivity index (χ0n) is 12.2. The molecule has 0 saturated heterocycles. The molecule has 23 heavy (non-hydrogen) atoms. The van der Waals surface area contributed by atoms with Crippen molar-refractivity contribution in [3.05, 3.63) is 58.1 Å². The predicted molar refractivity (Wildman–Crippen MR) is 98.7 cm³/mol. The molecule has 0 atom stereocenters. The summed E-state index contributed by atoms with van der Waals surface area (Å²) < 4.78 is 4.93. The third-order valence-electron chi connectivity index (χ3n) is 2.82. The van der Waals surface area contributed by atoms with Crippen LogP contribution in [-0.2, 0) is 4.74 Å². The number of benzene rings is 2. The maximum absolute atomic E-state index is 11.7. The third-order valence-corrected chi connectivity index (χ3v) is 3.59. The van der Waals surface area contributed by atoms with Gasteiger partial charge in [0, 0.05) is 16.4 Å². The van der Waals surface area contributed by atoms with Crippen LogP contribution in [0.4, 0.5) is 11.4 Å². The topological polar surface area (TPSA) is 50.4 Å². The molecule has 2 N–H and O–H groups in total. The zero-order chi connectivity index (χ0) is 16.8. The Morgan fingerprint density at radius 2 is 1.70 bits per heavy atom. The van der Waals surface area contributed by atoms with Crippen molar-refractivity contribution >= 4 is 57.9 Å². The number of esters is 1. The van der Waals surface area contributed by atoms with E-state index in [4.69, 9.17) is 40.2 Å². The maximum atomic E-state index is 11.7. The lowest BCUT2D eigenvalue weighted by Crippen LogP contribution is -2.19. The first-order valence-corrected chi connectivity index (χ1v) is 7.96. The number of halogens is 2. The second kappa shape index (κ2) is 8.15. The lowest BCUT2D eigenvalue weighted by atomic mass is 10.2. The Morgan fingerprint density at radius 1 is 1.09 bits per heavy atom. The van der Waals surface area contributed by atoms with Gasteiger partial charge in [-0.15, -0.1) is 0 Å². The molecule has 2 rings (SSSR count). The van der Waals surface area contributed by atoms with E-state index >= 15 is 0 Å². The maximum Gasteiger partial charge on any atom is 0.339 e. The zero-order valence-corrected chi connectivity index (χ0v) is 14.6. The number of nitrogens with one attached hydrogen (secondary N) is 2. The fourth-order valence-corrected chi connectivity index (χ4v) is 2.41. The number of thiocarbonyl (C=S) groups is 1. The van der Waals surface area contributed by atoms with Gasteiger partial charge in [-0.3, -0.25) is 0 Å². The Hall–Kier alpha value is -1.82. The van der Waals surface area contributed by atoms with Crippen molar-refractivity contribution in [2.45, 2.75) is 6.92 Å². The number of ether oxygens (including phenoxy) is 1. The first-order valence-electron chi connectivity index (χ1n) is 6.80. The summed E-state index contributed by atoms with van der Waals surface area (Å²) in [5, 5.41) is 7.36. The van der Waals surface area contributed by atoms with Crippen LogP contribution in [-0.4, -0.2) is 17.7 Å². The van der Waals surface area contributed by atoms with Gasteiger partial charge in [0.05, 0.1) is 17.2 Å². The molecule has 0 radical (unpaired) electrons. The average molecular weight is 369 g/mol. The normalized spacial score (nSPS) is 10.0. The van der Waals surface area contributed by atoms with Crippen LogP contribution in [0.1, 0.15) is 17.3 Å². The van der Waals surface area contributed by atoms with E-state index in [-0.39, 0.29) is 0 Å². The van der Waals surface area contributed by atoms with E-state index in [0.29, 0.717) is 33.0 Å². The Kier molecular flexibility index (Phi) is 6.21. The molecule has 0 fully saturated rings. The van der Waals surface area contributed by atoms with Crippen molar-refractivity contribution in [3.8, 4) is 0 Å². The van der Waals surface area contributed by atoms with E-state index in [1.54, 1.807) is 37.3 Å². The molecule has 0 aliphatic rings. The van der Waals surface area contributed by atoms with Gasteiger partial charge in [0.25, 0.3) is 0 Å². The van der Waals surface area contributed by atoms with Crippen molar-refractivity contribution in [2.24, 2.45) is 0 Å². The highest BCUT2D eigenvalue weighted by atomic mass is 35.5. The minimum absolute atomic E-state index is 0.294. The molecule has 0 saturated carbocycles. The minimum atomic E-state index is -0.453. The second-order valence-electron chi connectivity index (χ2n) is 4.50. The van der Waals surface area contributed by atoms with Gasteiger partial charge in [-0.25, -0.2) is 4.79 Å². The largest absolute Gasteiger partial charge is 0.462 e. The van der Waals surface area contributed by atoms with Crippen LogP contribution in [0.2, 0.25) is 10.0 Å². The molecule has 2 aromatic carbocycles. The molecule has 2 aromatic rings. The second-order valence-corrected chi connectivity index (χ2v) is 5.75. The highest BCUT2D eigenvalue weighted by molar-refractivity contribution is 7.80. The summed E-state index contributed by atoms with van der Waals surface area (Å²) in [4.78, 5) is 11.7. The van der Waals surface area contributed by atoms with Gasteiger partial charge in [-0.1, -0.05) is 23.2 Å². The van der Waals surface area contributed by atoms with Crippen LogP contribution < -0.4 is 10.6 Å². The fourth-order valence-electron chi connectivity index (χ4n) is 1.79. The van der Waals surface area contributed by atoms with E-state index in [1.807, 2.05) is 12.1 Å². The molecule has 0 aliphatic heterocycles. The summed E-state index contributed by atoms with van der Waals surface area (Å²) in [5.74, 6) is -0.453. The molecule has 120 valence electrons. The monoisotopic (exact) mass is 368 g/mol. The van der Waals surface area contributed by atoms with Gasteiger partial charge < -0.3 is 15.4 Å². The van der Waals surface area contributed by atoms with Gasteiger partial charge in [0.1, 0.15) is 0 Å². The summed E-state index contributed by atoms with van der Waals surface area (Å²) in [7, 11) is 0. The third kappa shape index (κ3) is 5.10. The first-order chi connectivity index (χ1) is 11.0. The van der Waals surface area contributed by atoms with E-state index in [1.165, 1.54) is 0 Å². The van der Waals surface area contributed by atoms with Crippen molar-refractivity contribution in [3.63, 3.8) is 0 Å². The van der Waals surface area contributed by atoms with Crippen LogP contribution in [0.15, 0.2) is 42.5 Å². The highest BCUT2D eigenvalue weighted by Crippen LogP contribution is 2.22. The van der Waals surface area contributed by atoms with Gasteiger partial charge >= 0.3 is 5.97 Å². The number of carbonyl (C=O) groups is 1. The van der Waals surface area contributed by atoms with Crippen molar-refractivity contribution in [1.82, 2.24) is 0 Å². The summed E-state index contributed by atoms with van der Waals surface area (Å²) in [6.07, 6.45) is 0. The van der Waals surface area contributed by atoms with Gasteiger partial charge in [-0.2, -0.15) is 0 Å². The minimum Gasteiger partial charge on any atom is -0.462 e. The number of hydrogen-bond donors (Lipinski definition) is 2. The quantitative estimate of drug-likeness (QED) is 0.588. The predicted octanol–water partition coefficient (Wildman–Crippen LogP) is 4.98. The number of anilines is 2. The molecule has 0 unspecified atom stereocenters. The lowest BCUT2D eigenvalue weighted by molar-refractivity contribution is 0.0526. The Balaban J connectivity index is 2.02. The van der Waals surface area contributed by atoms with E-state index in [2.05, 4.69) is 10.6 Å². The van der Waals surface area contributed by atoms with Crippen LogP contribution in [0.3, 0.4) is 0 Å². The van der Waals surface area contributed by atoms with E-state index in [0.717, 1.165) is 5.69 Å². The molecule has 0 bridgehead atoms. The molecule has 0 aliphatic carbocycles. The Labute approximate surface area is 149 Å². The number of hydrogen-bond acceptors (Lipinski definition) is 3. The molecule has 0 heterocycles. The molecule has 7 heteroatoms. The summed E-state index contributed by atoms with van der Waals surface area (Å²) in [5.41, 5.74) is 1.78. The van der Waals surface area contributed by atoms with Crippen molar-refractivity contribution in [2.75, 3.05) is 17.2 Å². The first kappa shape index (κ1) is 17.5. The van der Waals surface area contributed by atoms with E-state index < -0.39 is 5.97 Å². The fraction of sp³-hybridized carbons (Fsp3) is 0.125. The van der Waals surface area contributed by atoms with Gasteiger partial charge in [0.15, 0.2) is 5.11 Å². The summed E-state index contributed by atoms with van der Waals surface area (Å²) in [6.45, 7) is 2.03. The standard InChI is InChI=1S/C16H14Cl2N2O2S/c1-2-22-15(21)13-8-7-12(9-14(13)18)20-16(23)19-11-5-3-10(17)4-6-11/h3-9H,2H2,1H3,(H2,19,20,23). The smallest absolute Gasteiger partial charge is 0.339 e. The number of rotatable bonds is 4. The van der Waals surface area contributed by atoms with Gasteiger partial charge in [-0.05, 0) is 61.6 Å². The molecule has 4 nitrogen and oxygen atoms in total. The van der Waals surface area contributed by atoms with Crippen LogP contribution in [0.25, 0.3) is 0 Å². The van der Waals surface area contributed by atoms with Gasteiger partial charge in [0.2, 0.25) is 0 Å². The number of carbonyl (C=O) groups excluding carboxylic acids is 1. The SMILES string of the molecule is CCOC(=O)c1ccc(NC(=S)Nc2ccc(Cl)cc2)cc1Cl. The summed E-state index contributed by atoms with van der Waals surface area (Å²) >= 11 is 17.2. The van der Waals surface area contributed by atoms with Crippen LogP contribution in [0, 0.1) is 0 Å². The summed E-state index contributed by atoms with van der Waals surface area (Å²) in [6, 6.07) is 12.1. The van der Waals surface area contributed by atoms with Crippen LogP contribution >= 0.6 is 35.4 Å². The molecule has 0 amide bonds. The molecule has 0 aromatic heterocycles. The Morgan fingerprint density at radius 3 is 2.30 bits per heavy atom. The molecular formula is C16H14Cl2N2O2S. The average Bonchev–Trinajstić information content (AvgIpc) is 2.50. The van der Waals surface area contributed by atoms with Crippen molar-refractivity contribution < 1.29 is 9.53 Å². The van der Waals surface area contributed by atoms with Crippen molar-refractivity contribution in [1.29, 1.82) is 0 Å². The molecule has 0 spiro atoms. The van der Waals surface area contributed by atoms with Crippen LogP contribution in [0.5, 0.6) is 0 Å². The molecular weight excluding hydrogens is 355 g/mol. The lowest BCUT2D eigenvalue weighted by Gasteiger charge is -2.12. The van der Waals surface area contributed by atoms with E-state index in [9.17, 15) is 4.79 Å². The highest BCUT2D eigenvalue weighted by Gasteiger charge is 2.12. The Bertz CT molecular complexity index is 721.